The second kappa shape index (κ2) is 4.08. The highest BCUT2D eigenvalue weighted by atomic mass is 15.3. The molecule has 0 atom stereocenters. The monoisotopic (exact) mass is 241 g/mol. The van der Waals surface area contributed by atoms with Gasteiger partial charge in [0.05, 0.1) is 5.69 Å². The van der Waals surface area contributed by atoms with Crippen molar-refractivity contribution >= 4 is 11.6 Å². The van der Waals surface area contributed by atoms with Gasteiger partial charge in [-0.05, 0) is 31.9 Å². The van der Waals surface area contributed by atoms with Gasteiger partial charge < -0.3 is 11.5 Å². The molecular formula is C13H15N5. The minimum absolute atomic E-state index is 0.161. The van der Waals surface area contributed by atoms with Crippen LogP contribution in [0.4, 0.5) is 11.6 Å². The Hall–Kier alpha value is -2.48. The largest absolute Gasteiger partial charge is 0.382 e. The van der Waals surface area contributed by atoms with Gasteiger partial charge in [0.15, 0.2) is 5.82 Å². The second-order valence-corrected chi connectivity index (χ2v) is 4.42. The van der Waals surface area contributed by atoms with Crippen LogP contribution in [-0.2, 0) is 0 Å². The van der Waals surface area contributed by atoms with Crippen LogP contribution in [0.5, 0.6) is 0 Å². The standard InChI is InChI=1S/C13H15N5/c1-7-4-8(2)11(9(3)5-7)18-13(16)10(6-14)12(15)17-18/h4-5H,16H2,1-3H3,(H2,15,17). The summed E-state index contributed by atoms with van der Waals surface area (Å²) in [5.41, 5.74) is 16.0. The maximum atomic E-state index is 8.98. The molecule has 0 fully saturated rings. The summed E-state index contributed by atoms with van der Waals surface area (Å²) in [6.07, 6.45) is 0. The van der Waals surface area contributed by atoms with Crippen molar-refractivity contribution < 1.29 is 0 Å². The van der Waals surface area contributed by atoms with Crippen LogP contribution in [0.25, 0.3) is 5.69 Å². The van der Waals surface area contributed by atoms with E-state index in [1.165, 1.54) is 10.2 Å². The summed E-state index contributed by atoms with van der Waals surface area (Å²) in [5, 5.41) is 13.1. The molecule has 0 aliphatic rings. The molecule has 0 aliphatic heterocycles. The lowest BCUT2D eigenvalue weighted by molar-refractivity contribution is 0.879. The average Bonchev–Trinajstić information content (AvgIpc) is 2.53. The van der Waals surface area contributed by atoms with E-state index in [1.807, 2.05) is 39.0 Å². The summed E-state index contributed by atoms with van der Waals surface area (Å²) < 4.78 is 1.54. The van der Waals surface area contributed by atoms with E-state index >= 15 is 0 Å². The van der Waals surface area contributed by atoms with Crippen molar-refractivity contribution in [2.24, 2.45) is 0 Å². The number of anilines is 2. The molecule has 5 nitrogen and oxygen atoms in total. The Bertz CT molecular complexity index is 638. The SMILES string of the molecule is Cc1cc(C)c(-n2nc(N)c(C#N)c2N)c(C)c1. The number of nitriles is 1. The molecule has 1 aromatic carbocycles. The highest BCUT2D eigenvalue weighted by Gasteiger charge is 2.16. The van der Waals surface area contributed by atoms with Gasteiger partial charge in [-0.1, -0.05) is 17.7 Å². The van der Waals surface area contributed by atoms with E-state index in [1.54, 1.807) is 0 Å². The first-order valence-electron chi connectivity index (χ1n) is 5.58. The van der Waals surface area contributed by atoms with Gasteiger partial charge in [0, 0.05) is 0 Å². The molecule has 0 spiro atoms. The first-order chi connectivity index (χ1) is 8.45. The average molecular weight is 241 g/mol. The fourth-order valence-corrected chi connectivity index (χ4v) is 2.24. The summed E-state index contributed by atoms with van der Waals surface area (Å²) in [6.45, 7) is 6.00. The van der Waals surface area contributed by atoms with Crippen molar-refractivity contribution in [1.82, 2.24) is 9.78 Å². The lowest BCUT2D eigenvalue weighted by Crippen LogP contribution is -2.06. The maximum absolute atomic E-state index is 8.98. The van der Waals surface area contributed by atoms with E-state index in [9.17, 15) is 0 Å². The summed E-state index contributed by atoms with van der Waals surface area (Å²) in [7, 11) is 0. The van der Waals surface area contributed by atoms with Crippen LogP contribution in [0, 0.1) is 32.1 Å². The maximum Gasteiger partial charge on any atom is 0.166 e. The van der Waals surface area contributed by atoms with Crippen LogP contribution in [0.1, 0.15) is 22.3 Å². The minimum Gasteiger partial charge on any atom is -0.382 e. The van der Waals surface area contributed by atoms with Gasteiger partial charge in [-0.3, -0.25) is 0 Å². The highest BCUT2D eigenvalue weighted by Crippen LogP contribution is 2.27. The molecule has 0 bridgehead atoms. The van der Waals surface area contributed by atoms with Crippen molar-refractivity contribution in [1.29, 1.82) is 5.26 Å². The van der Waals surface area contributed by atoms with Crippen molar-refractivity contribution in [3.05, 3.63) is 34.4 Å². The van der Waals surface area contributed by atoms with E-state index in [-0.39, 0.29) is 17.2 Å². The second-order valence-electron chi connectivity index (χ2n) is 4.42. The van der Waals surface area contributed by atoms with E-state index in [0.717, 1.165) is 16.8 Å². The Balaban J connectivity index is 2.75. The lowest BCUT2D eigenvalue weighted by atomic mass is 10.1. The molecule has 0 aliphatic carbocycles. The Morgan fingerprint density at radius 1 is 1.17 bits per heavy atom. The zero-order chi connectivity index (χ0) is 13.4. The molecule has 0 saturated heterocycles. The Morgan fingerprint density at radius 3 is 2.17 bits per heavy atom. The summed E-state index contributed by atoms with van der Waals surface area (Å²) in [6, 6.07) is 6.07. The lowest BCUT2D eigenvalue weighted by Gasteiger charge is -2.12. The van der Waals surface area contributed by atoms with Crippen molar-refractivity contribution in [3.8, 4) is 11.8 Å². The molecule has 1 aromatic heterocycles. The van der Waals surface area contributed by atoms with Gasteiger partial charge in [-0.25, -0.2) is 4.68 Å². The highest BCUT2D eigenvalue weighted by molar-refractivity contribution is 5.65. The third kappa shape index (κ3) is 1.68. The molecule has 4 N–H and O–H groups in total. The Labute approximate surface area is 106 Å². The molecule has 1 heterocycles. The number of hydrogen-bond acceptors (Lipinski definition) is 4. The van der Waals surface area contributed by atoms with Gasteiger partial charge in [0.1, 0.15) is 17.5 Å². The molecule has 0 saturated carbocycles. The van der Waals surface area contributed by atoms with Crippen molar-refractivity contribution in [2.75, 3.05) is 11.5 Å². The quantitative estimate of drug-likeness (QED) is 0.796. The van der Waals surface area contributed by atoms with Crippen LogP contribution < -0.4 is 11.5 Å². The van der Waals surface area contributed by atoms with Gasteiger partial charge in [-0.15, -0.1) is 5.10 Å². The molecule has 2 aromatic rings. The molecule has 5 heteroatoms. The summed E-state index contributed by atoms with van der Waals surface area (Å²) in [5.74, 6) is 0.444. The van der Waals surface area contributed by atoms with E-state index in [2.05, 4.69) is 5.10 Å². The number of benzene rings is 1. The molecule has 92 valence electrons. The topological polar surface area (TPSA) is 93.6 Å². The van der Waals surface area contributed by atoms with Gasteiger partial charge in [0.2, 0.25) is 0 Å². The summed E-state index contributed by atoms with van der Waals surface area (Å²) >= 11 is 0. The Morgan fingerprint density at radius 2 is 1.72 bits per heavy atom. The van der Waals surface area contributed by atoms with E-state index in [4.69, 9.17) is 16.7 Å². The van der Waals surface area contributed by atoms with Crippen LogP contribution in [0.15, 0.2) is 12.1 Å². The number of aryl methyl sites for hydroxylation is 3. The fraction of sp³-hybridized carbons (Fsp3) is 0.231. The Kier molecular flexibility index (Phi) is 2.71. The van der Waals surface area contributed by atoms with Gasteiger partial charge in [0.25, 0.3) is 0 Å². The van der Waals surface area contributed by atoms with Crippen LogP contribution >= 0.6 is 0 Å². The molecule has 0 amide bonds. The first-order valence-corrected chi connectivity index (χ1v) is 5.58. The van der Waals surface area contributed by atoms with E-state index < -0.39 is 0 Å². The number of nitrogens with two attached hydrogens (primary N) is 2. The summed E-state index contributed by atoms with van der Waals surface area (Å²) in [4.78, 5) is 0. The van der Waals surface area contributed by atoms with Gasteiger partial charge in [-0.2, -0.15) is 5.26 Å². The van der Waals surface area contributed by atoms with Gasteiger partial charge >= 0.3 is 0 Å². The van der Waals surface area contributed by atoms with Crippen LogP contribution in [-0.4, -0.2) is 9.78 Å². The van der Waals surface area contributed by atoms with Crippen LogP contribution in [0.2, 0.25) is 0 Å². The third-order valence-corrected chi connectivity index (χ3v) is 2.91. The molecule has 18 heavy (non-hydrogen) atoms. The van der Waals surface area contributed by atoms with Crippen molar-refractivity contribution in [3.63, 3.8) is 0 Å². The number of nitrogen functional groups attached to an aromatic ring is 2. The smallest absolute Gasteiger partial charge is 0.166 e. The van der Waals surface area contributed by atoms with Crippen molar-refractivity contribution in [2.45, 2.75) is 20.8 Å². The molecule has 0 unspecified atom stereocenters. The van der Waals surface area contributed by atoms with Crippen LogP contribution in [0.3, 0.4) is 0 Å². The van der Waals surface area contributed by atoms with E-state index in [0.29, 0.717) is 0 Å². The zero-order valence-corrected chi connectivity index (χ0v) is 10.7. The number of aromatic nitrogens is 2. The predicted molar refractivity (Wildman–Crippen MR) is 71.3 cm³/mol. The first kappa shape index (κ1) is 12.0. The minimum atomic E-state index is 0.161. The zero-order valence-electron chi connectivity index (χ0n) is 10.7. The molecule has 0 radical (unpaired) electrons. The number of nitrogens with zero attached hydrogens (tertiary/aromatic N) is 3. The number of hydrogen-bond donors (Lipinski definition) is 2. The third-order valence-electron chi connectivity index (χ3n) is 2.91. The predicted octanol–water partition coefficient (Wildman–Crippen LogP) is 1.83. The molecule has 2 rings (SSSR count). The molecular weight excluding hydrogens is 226 g/mol. The fourth-order valence-electron chi connectivity index (χ4n) is 2.24. The normalized spacial score (nSPS) is 10.3. The number of rotatable bonds is 1.